The molecule has 0 amide bonds. The fraction of sp³-hybridized carbons (Fsp3) is 0.824. The van der Waals surface area contributed by atoms with Gasteiger partial charge in [0.2, 0.25) is 0 Å². The molecule has 2 unspecified atom stereocenters. The van der Waals surface area contributed by atoms with Crippen LogP contribution in [0.1, 0.15) is 43.8 Å². The number of thioether (sulfide) groups is 1. The van der Waals surface area contributed by atoms with Crippen LogP contribution in [0, 0.1) is 6.92 Å². The Morgan fingerprint density at radius 3 is 2.77 bits per heavy atom. The number of rotatable bonds is 4. The number of ether oxygens (including phenoxy) is 1. The molecule has 9 heteroatoms. The van der Waals surface area contributed by atoms with E-state index in [0.717, 1.165) is 42.8 Å². The minimum absolute atomic E-state index is 0. The number of hydrogen-bond acceptors (Lipinski definition) is 5. The Bertz CT molecular complexity index is 641. The maximum absolute atomic E-state index is 6.14. The normalized spacial score (nSPS) is 28.8. The SMILES string of the molecule is Cc1nnc(CN=C(NC2CC2)NC2CCOC3(CCSC3)C2)n1C.I. The number of nitrogens with zero attached hydrogens (tertiary/aromatic N) is 4. The summed E-state index contributed by atoms with van der Waals surface area (Å²) in [5.74, 6) is 5.08. The maximum Gasteiger partial charge on any atom is 0.192 e. The smallest absolute Gasteiger partial charge is 0.192 e. The van der Waals surface area contributed by atoms with E-state index in [4.69, 9.17) is 9.73 Å². The molecule has 1 spiro atoms. The third-order valence-corrected chi connectivity index (χ3v) is 6.60. The van der Waals surface area contributed by atoms with E-state index >= 15 is 0 Å². The summed E-state index contributed by atoms with van der Waals surface area (Å²) >= 11 is 2.02. The monoisotopic (exact) mass is 492 g/mol. The van der Waals surface area contributed by atoms with E-state index in [0.29, 0.717) is 18.6 Å². The standard InChI is InChI=1S/C17H28N6OS.HI/c1-12-21-22-15(23(12)2)10-18-16(19-13-3-4-13)20-14-5-7-24-17(9-14)6-8-25-11-17;/h13-14H,3-11H2,1-2H3,(H2,18,19,20);1H. The fourth-order valence-corrected chi connectivity index (χ4v) is 4.88. The molecule has 26 heavy (non-hydrogen) atoms. The summed E-state index contributed by atoms with van der Waals surface area (Å²) in [6.07, 6.45) is 5.77. The van der Waals surface area contributed by atoms with E-state index in [-0.39, 0.29) is 29.6 Å². The zero-order valence-corrected chi connectivity index (χ0v) is 18.7. The number of hydrogen-bond donors (Lipinski definition) is 2. The first kappa shape index (κ1) is 20.2. The van der Waals surface area contributed by atoms with Crippen LogP contribution in [0.2, 0.25) is 0 Å². The van der Waals surface area contributed by atoms with Gasteiger partial charge in [-0.05, 0) is 44.8 Å². The molecule has 2 atom stereocenters. The molecular weight excluding hydrogens is 463 g/mol. The van der Waals surface area contributed by atoms with Crippen molar-refractivity contribution in [1.82, 2.24) is 25.4 Å². The number of aliphatic imine (C=N–C) groups is 1. The Balaban J connectivity index is 0.00000196. The second kappa shape index (κ2) is 8.64. The molecule has 7 nitrogen and oxygen atoms in total. The van der Waals surface area contributed by atoms with Gasteiger partial charge in [-0.15, -0.1) is 34.2 Å². The van der Waals surface area contributed by atoms with E-state index in [9.17, 15) is 0 Å². The Kier molecular flexibility index (Phi) is 6.71. The van der Waals surface area contributed by atoms with E-state index in [1.54, 1.807) is 0 Å². The van der Waals surface area contributed by atoms with Crippen molar-refractivity contribution in [3.05, 3.63) is 11.6 Å². The van der Waals surface area contributed by atoms with Crippen molar-refractivity contribution in [2.24, 2.45) is 12.0 Å². The molecule has 1 aromatic heterocycles. The zero-order valence-electron chi connectivity index (χ0n) is 15.5. The highest BCUT2D eigenvalue weighted by Gasteiger charge is 2.40. The van der Waals surface area contributed by atoms with Crippen molar-refractivity contribution in [2.45, 2.75) is 63.3 Å². The highest BCUT2D eigenvalue weighted by molar-refractivity contribution is 14.0. The number of aryl methyl sites for hydroxylation is 1. The zero-order chi connectivity index (χ0) is 17.3. The first-order valence-corrected chi connectivity index (χ1v) is 10.4. The summed E-state index contributed by atoms with van der Waals surface area (Å²) in [6.45, 7) is 3.35. The van der Waals surface area contributed by atoms with Gasteiger partial charge in [-0.2, -0.15) is 11.8 Å². The number of aromatic nitrogens is 3. The summed E-state index contributed by atoms with van der Waals surface area (Å²) in [6, 6.07) is 1.00. The molecule has 3 fully saturated rings. The van der Waals surface area contributed by atoms with Crippen LogP contribution in [0.4, 0.5) is 0 Å². The summed E-state index contributed by atoms with van der Waals surface area (Å²) in [5, 5.41) is 15.5. The molecule has 0 bridgehead atoms. The van der Waals surface area contributed by atoms with E-state index in [2.05, 4.69) is 20.8 Å². The van der Waals surface area contributed by atoms with Gasteiger partial charge >= 0.3 is 0 Å². The van der Waals surface area contributed by atoms with E-state index in [1.807, 2.05) is 30.3 Å². The van der Waals surface area contributed by atoms with Crippen LogP contribution in [0.25, 0.3) is 0 Å². The van der Waals surface area contributed by atoms with Crippen molar-refractivity contribution < 1.29 is 4.74 Å². The van der Waals surface area contributed by atoms with E-state index < -0.39 is 0 Å². The van der Waals surface area contributed by atoms with Crippen molar-refractivity contribution in [1.29, 1.82) is 0 Å². The van der Waals surface area contributed by atoms with Gasteiger partial charge in [-0.1, -0.05) is 0 Å². The lowest BCUT2D eigenvalue weighted by Gasteiger charge is -2.38. The summed E-state index contributed by atoms with van der Waals surface area (Å²) < 4.78 is 8.13. The first-order chi connectivity index (χ1) is 12.1. The van der Waals surface area contributed by atoms with Gasteiger partial charge < -0.3 is 19.9 Å². The summed E-state index contributed by atoms with van der Waals surface area (Å²) in [4.78, 5) is 4.78. The van der Waals surface area contributed by atoms with Gasteiger partial charge in [-0.3, -0.25) is 0 Å². The molecule has 3 heterocycles. The minimum Gasteiger partial charge on any atom is -0.374 e. The molecule has 3 aliphatic rings. The minimum atomic E-state index is 0. The Morgan fingerprint density at radius 2 is 2.12 bits per heavy atom. The van der Waals surface area contributed by atoms with Crippen molar-refractivity contribution >= 4 is 41.7 Å². The molecule has 2 aliphatic heterocycles. The van der Waals surface area contributed by atoms with Crippen LogP contribution in [0.5, 0.6) is 0 Å². The fourth-order valence-electron chi connectivity index (χ4n) is 3.50. The highest BCUT2D eigenvalue weighted by Crippen LogP contribution is 2.38. The van der Waals surface area contributed by atoms with Crippen molar-refractivity contribution in [3.63, 3.8) is 0 Å². The number of nitrogens with one attached hydrogen (secondary N) is 2. The molecule has 2 N–H and O–H groups in total. The molecule has 4 rings (SSSR count). The van der Waals surface area contributed by atoms with Crippen LogP contribution in [-0.4, -0.2) is 56.5 Å². The number of halogens is 1. The predicted octanol–water partition coefficient (Wildman–Crippen LogP) is 1.99. The quantitative estimate of drug-likeness (QED) is 0.381. The third kappa shape index (κ3) is 4.83. The Morgan fingerprint density at radius 1 is 1.31 bits per heavy atom. The van der Waals surface area contributed by atoms with Crippen LogP contribution in [0.3, 0.4) is 0 Å². The molecule has 0 aromatic carbocycles. The lowest BCUT2D eigenvalue weighted by Crippen LogP contribution is -2.52. The molecule has 0 radical (unpaired) electrons. The van der Waals surface area contributed by atoms with Crippen LogP contribution in [0.15, 0.2) is 4.99 Å². The summed E-state index contributed by atoms with van der Waals surface area (Å²) in [7, 11) is 1.99. The molecule has 1 aromatic rings. The van der Waals surface area contributed by atoms with Crippen LogP contribution < -0.4 is 10.6 Å². The molecule has 1 saturated carbocycles. The van der Waals surface area contributed by atoms with Gasteiger partial charge in [0.25, 0.3) is 0 Å². The highest BCUT2D eigenvalue weighted by atomic mass is 127. The maximum atomic E-state index is 6.14. The average Bonchev–Trinajstić information content (AvgIpc) is 3.22. The van der Waals surface area contributed by atoms with Crippen LogP contribution in [-0.2, 0) is 18.3 Å². The van der Waals surface area contributed by atoms with Gasteiger partial charge in [-0.25, -0.2) is 4.99 Å². The Labute approximate surface area is 176 Å². The van der Waals surface area contributed by atoms with Gasteiger partial charge in [0, 0.05) is 31.5 Å². The van der Waals surface area contributed by atoms with Crippen LogP contribution >= 0.6 is 35.7 Å². The topological polar surface area (TPSA) is 76.4 Å². The molecule has 1 aliphatic carbocycles. The lowest BCUT2D eigenvalue weighted by atomic mass is 9.90. The summed E-state index contributed by atoms with van der Waals surface area (Å²) in [5.41, 5.74) is 0.0893. The van der Waals surface area contributed by atoms with Crippen molar-refractivity contribution in [2.75, 3.05) is 18.1 Å². The van der Waals surface area contributed by atoms with Crippen molar-refractivity contribution in [3.8, 4) is 0 Å². The Hall–Kier alpha value is -0.550. The largest absolute Gasteiger partial charge is 0.374 e. The van der Waals surface area contributed by atoms with Gasteiger partial charge in [0.1, 0.15) is 12.4 Å². The molecule has 2 saturated heterocycles. The second-order valence-corrected chi connectivity index (χ2v) is 8.58. The molecule has 146 valence electrons. The predicted molar refractivity (Wildman–Crippen MR) is 115 cm³/mol. The second-order valence-electron chi connectivity index (χ2n) is 7.47. The lowest BCUT2D eigenvalue weighted by molar-refractivity contribution is -0.0679. The average molecular weight is 492 g/mol. The third-order valence-electron chi connectivity index (χ3n) is 5.38. The van der Waals surface area contributed by atoms with Gasteiger partial charge in [0.05, 0.1) is 5.60 Å². The number of guanidine groups is 1. The van der Waals surface area contributed by atoms with Gasteiger partial charge in [0.15, 0.2) is 11.8 Å². The van der Waals surface area contributed by atoms with E-state index in [1.165, 1.54) is 25.0 Å². The molecular formula is C17H29IN6OS. The first-order valence-electron chi connectivity index (χ1n) is 9.28.